The van der Waals surface area contributed by atoms with Crippen molar-refractivity contribution in [2.24, 2.45) is 0 Å². The quantitative estimate of drug-likeness (QED) is 0.310. The van der Waals surface area contributed by atoms with Crippen molar-refractivity contribution in [1.82, 2.24) is 14.9 Å². The Morgan fingerprint density at radius 2 is 1.75 bits per heavy atom. The molecule has 0 aliphatic carbocycles. The van der Waals surface area contributed by atoms with Crippen molar-refractivity contribution in [3.63, 3.8) is 0 Å². The van der Waals surface area contributed by atoms with E-state index in [4.69, 9.17) is 9.84 Å². The second-order valence-electron chi connectivity index (χ2n) is 7.83. The van der Waals surface area contributed by atoms with Crippen LogP contribution in [-0.4, -0.2) is 40.2 Å². The molecular formula is C25H23N3O4. The number of H-pyrrole nitrogens is 1. The van der Waals surface area contributed by atoms with E-state index in [0.717, 1.165) is 28.2 Å². The lowest BCUT2D eigenvalue weighted by molar-refractivity contribution is -0.122. The zero-order valence-electron chi connectivity index (χ0n) is 17.6. The van der Waals surface area contributed by atoms with E-state index < -0.39 is 11.8 Å². The summed E-state index contributed by atoms with van der Waals surface area (Å²) in [6.07, 6.45) is 5.18. The fraction of sp³-hybridized carbons (Fsp3) is 0.200. The lowest BCUT2D eigenvalue weighted by atomic mass is 9.95. The first-order valence-corrected chi connectivity index (χ1v) is 10.6. The second kappa shape index (κ2) is 8.01. The number of aromatic nitrogens is 2. The number of imide groups is 1. The van der Waals surface area contributed by atoms with Crippen molar-refractivity contribution in [2.75, 3.05) is 13.7 Å². The van der Waals surface area contributed by atoms with Gasteiger partial charge in [0.15, 0.2) is 0 Å². The van der Waals surface area contributed by atoms with E-state index in [-0.39, 0.29) is 6.61 Å². The molecule has 0 spiro atoms. The highest BCUT2D eigenvalue weighted by Gasteiger charge is 2.35. The van der Waals surface area contributed by atoms with Crippen molar-refractivity contribution in [3.05, 3.63) is 66.0 Å². The highest BCUT2D eigenvalue weighted by molar-refractivity contribution is 6.50. The highest BCUT2D eigenvalue weighted by Crippen LogP contribution is 2.39. The van der Waals surface area contributed by atoms with Gasteiger partial charge in [-0.3, -0.25) is 14.9 Å². The van der Waals surface area contributed by atoms with Gasteiger partial charge in [0.25, 0.3) is 11.8 Å². The molecule has 0 unspecified atom stereocenters. The van der Waals surface area contributed by atoms with Crippen LogP contribution in [0, 0.1) is 0 Å². The minimum absolute atomic E-state index is 0.132. The average molecular weight is 429 g/mol. The molecule has 7 nitrogen and oxygen atoms in total. The molecule has 3 heterocycles. The van der Waals surface area contributed by atoms with Crippen LogP contribution in [-0.2, 0) is 16.1 Å². The van der Waals surface area contributed by atoms with Crippen LogP contribution >= 0.6 is 0 Å². The van der Waals surface area contributed by atoms with E-state index in [9.17, 15) is 9.59 Å². The molecule has 162 valence electrons. The normalized spacial score (nSPS) is 14.1. The number of rotatable bonds is 7. The van der Waals surface area contributed by atoms with E-state index in [1.54, 1.807) is 13.3 Å². The predicted octanol–water partition coefficient (Wildman–Crippen LogP) is 3.47. The van der Waals surface area contributed by atoms with Gasteiger partial charge < -0.3 is 19.4 Å². The summed E-state index contributed by atoms with van der Waals surface area (Å²) in [6, 6.07) is 13.4. The molecule has 0 bridgehead atoms. The molecular weight excluding hydrogens is 406 g/mol. The van der Waals surface area contributed by atoms with Crippen molar-refractivity contribution in [3.8, 4) is 5.75 Å². The van der Waals surface area contributed by atoms with Crippen LogP contribution in [0.15, 0.2) is 54.9 Å². The molecule has 5 rings (SSSR count). The van der Waals surface area contributed by atoms with Crippen LogP contribution in [0.2, 0.25) is 0 Å². The van der Waals surface area contributed by atoms with Gasteiger partial charge in [-0.15, -0.1) is 0 Å². The minimum atomic E-state index is -0.410. The maximum atomic E-state index is 13.0. The number of methoxy groups -OCH3 is 1. The predicted molar refractivity (Wildman–Crippen MR) is 123 cm³/mol. The van der Waals surface area contributed by atoms with Gasteiger partial charge in [-0.05, 0) is 37.1 Å². The SMILES string of the molecule is COc1ccc2c(c1)c(C1=C(c3c[nH]c4ccccc34)C(=O)NC1=O)cn2CCCCO. The van der Waals surface area contributed by atoms with Crippen LogP contribution < -0.4 is 10.1 Å². The minimum Gasteiger partial charge on any atom is -0.497 e. The van der Waals surface area contributed by atoms with Gasteiger partial charge in [-0.2, -0.15) is 0 Å². The number of hydrogen-bond donors (Lipinski definition) is 3. The maximum absolute atomic E-state index is 13.0. The molecule has 2 amide bonds. The number of benzene rings is 2. The molecule has 1 aliphatic rings. The van der Waals surface area contributed by atoms with Crippen molar-refractivity contribution >= 4 is 44.8 Å². The first kappa shape index (κ1) is 20.1. The molecule has 2 aromatic carbocycles. The number of hydrogen-bond acceptors (Lipinski definition) is 4. The highest BCUT2D eigenvalue weighted by atomic mass is 16.5. The number of aryl methyl sites for hydroxylation is 1. The molecule has 3 N–H and O–H groups in total. The molecule has 32 heavy (non-hydrogen) atoms. The van der Waals surface area contributed by atoms with Gasteiger partial charge in [0, 0.05) is 58.5 Å². The third-order valence-electron chi connectivity index (χ3n) is 5.95. The summed E-state index contributed by atoms with van der Waals surface area (Å²) < 4.78 is 7.49. The van der Waals surface area contributed by atoms with Gasteiger partial charge in [0.05, 0.1) is 18.3 Å². The zero-order valence-corrected chi connectivity index (χ0v) is 17.6. The van der Waals surface area contributed by atoms with Crippen LogP contribution in [0.5, 0.6) is 5.75 Å². The van der Waals surface area contributed by atoms with Crippen LogP contribution in [0.3, 0.4) is 0 Å². The number of aromatic amines is 1. The number of para-hydroxylation sites is 1. The monoisotopic (exact) mass is 429 g/mol. The third kappa shape index (κ3) is 3.18. The van der Waals surface area contributed by atoms with E-state index in [1.165, 1.54) is 0 Å². The Morgan fingerprint density at radius 3 is 2.53 bits per heavy atom. The fourth-order valence-electron chi connectivity index (χ4n) is 4.43. The summed E-state index contributed by atoms with van der Waals surface area (Å²) in [5.74, 6) is -0.142. The number of aliphatic hydroxyl groups excluding tert-OH is 1. The Bertz CT molecular complexity index is 1390. The molecule has 0 radical (unpaired) electrons. The van der Waals surface area contributed by atoms with Gasteiger partial charge in [-0.25, -0.2) is 0 Å². The number of nitrogens with one attached hydrogen (secondary N) is 2. The van der Waals surface area contributed by atoms with Crippen molar-refractivity contribution in [2.45, 2.75) is 19.4 Å². The second-order valence-corrected chi connectivity index (χ2v) is 7.83. The molecule has 7 heteroatoms. The Kier molecular flexibility index (Phi) is 5.03. The van der Waals surface area contributed by atoms with E-state index in [2.05, 4.69) is 14.9 Å². The first-order chi connectivity index (χ1) is 15.6. The number of unbranched alkanes of at least 4 members (excludes halogenated alkanes) is 1. The zero-order chi connectivity index (χ0) is 22.2. The van der Waals surface area contributed by atoms with Gasteiger partial charge in [0.1, 0.15) is 5.75 Å². The summed E-state index contributed by atoms with van der Waals surface area (Å²) in [5.41, 5.74) is 3.95. The summed E-state index contributed by atoms with van der Waals surface area (Å²) in [5, 5.41) is 13.4. The van der Waals surface area contributed by atoms with E-state index in [1.807, 2.05) is 48.7 Å². The number of aliphatic hydroxyl groups is 1. The molecule has 2 aromatic heterocycles. The molecule has 1 aliphatic heterocycles. The van der Waals surface area contributed by atoms with E-state index >= 15 is 0 Å². The van der Waals surface area contributed by atoms with Crippen molar-refractivity contribution < 1.29 is 19.4 Å². The first-order valence-electron chi connectivity index (χ1n) is 10.6. The Morgan fingerprint density at radius 1 is 0.969 bits per heavy atom. The Balaban J connectivity index is 1.76. The number of nitrogens with zero attached hydrogens (tertiary/aromatic N) is 1. The maximum Gasteiger partial charge on any atom is 0.259 e. The summed E-state index contributed by atoms with van der Waals surface area (Å²) in [6.45, 7) is 0.821. The number of fused-ring (bicyclic) bond motifs is 2. The standard InChI is InChI=1S/C25H23N3O4/c1-32-15-8-9-21-17(12-15)19(14-28(21)10-4-5-11-29)23-22(24(30)27-25(23)31)18-13-26-20-7-3-2-6-16(18)20/h2-3,6-9,12-14,26,29H,4-5,10-11H2,1H3,(H,27,30,31). The largest absolute Gasteiger partial charge is 0.497 e. The molecule has 0 atom stereocenters. The van der Waals surface area contributed by atoms with Crippen LogP contribution in [0.1, 0.15) is 24.0 Å². The molecule has 0 saturated carbocycles. The summed E-state index contributed by atoms with van der Waals surface area (Å²) >= 11 is 0. The molecule has 0 saturated heterocycles. The fourth-order valence-corrected chi connectivity index (χ4v) is 4.43. The van der Waals surface area contributed by atoms with Crippen LogP contribution in [0.25, 0.3) is 33.0 Å². The lowest BCUT2D eigenvalue weighted by Gasteiger charge is -2.05. The average Bonchev–Trinajstić information content (AvgIpc) is 3.46. The van der Waals surface area contributed by atoms with Gasteiger partial charge in [0.2, 0.25) is 0 Å². The topological polar surface area (TPSA) is 96.4 Å². The summed E-state index contributed by atoms with van der Waals surface area (Å²) in [4.78, 5) is 29.1. The van der Waals surface area contributed by atoms with Crippen molar-refractivity contribution in [1.29, 1.82) is 0 Å². The van der Waals surface area contributed by atoms with Gasteiger partial charge >= 0.3 is 0 Å². The van der Waals surface area contributed by atoms with E-state index in [0.29, 0.717) is 41.0 Å². The number of carbonyl (C=O) groups is 2. The number of carbonyl (C=O) groups excluding carboxylic acids is 2. The molecule has 4 aromatic rings. The van der Waals surface area contributed by atoms with Gasteiger partial charge in [-0.1, -0.05) is 18.2 Å². The number of ether oxygens (including phenoxy) is 1. The number of amides is 2. The molecule has 0 fully saturated rings. The Hall–Kier alpha value is -3.84. The Labute approximate surface area is 184 Å². The lowest BCUT2D eigenvalue weighted by Crippen LogP contribution is -2.22. The smallest absolute Gasteiger partial charge is 0.259 e. The third-order valence-corrected chi connectivity index (χ3v) is 5.95. The van der Waals surface area contributed by atoms with Crippen LogP contribution in [0.4, 0.5) is 0 Å². The summed E-state index contributed by atoms with van der Waals surface area (Å²) in [7, 11) is 1.60.